The van der Waals surface area contributed by atoms with Gasteiger partial charge < -0.3 is 9.47 Å². The third kappa shape index (κ3) is 5.78. The standard InChI is InChI=1S/C36H32N4O4S2/c37-21-26-20-28(46(41,42)40-35-38-24-39-45-35)14-15-34(26)44-27(23-43-22-25-8-2-1-3-9-25)16-18-36-19-17-29(30-10-4-6-12-32(30)36)31-11-5-7-13-33(31)36/h1-15,20,24,27,29H,16-19,22-23H2,(H,38,39,40). The summed E-state index contributed by atoms with van der Waals surface area (Å²) >= 11 is 0.930. The number of anilines is 1. The lowest BCUT2D eigenvalue weighted by atomic mass is 9.54. The van der Waals surface area contributed by atoms with E-state index in [1.165, 1.54) is 40.7 Å². The normalized spacial score (nSPS) is 18.6. The molecule has 232 valence electrons. The van der Waals surface area contributed by atoms with Crippen LogP contribution in [-0.2, 0) is 26.8 Å². The first-order valence-electron chi connectivity index (χ1n) is 15.3. The minimum Gasteiger partial charge on any atom is -0.487 e. The van der Waals surface area contributed by atoms with E-state index in [0.29, 0.717) is 31.3 Å². The van der Waals surface area contributed by atoms with Crippen LogP contribution in [0.2, 0.25) is 0 Å². The van der Waals surface area contributed by atoms with Crippen molar-refractivity contribution in [3.05, 3.63) is 137 Å². The molecule has 0 radical (unpaired) electrons. The van der Waals surface area contributed by atoms with Crippen molar-refractivity contribution in [2.75, 3.05) is 11.3 Å². The number of aromatic nitrogens is 2. The predicted molar refractivity (Wildman–Crippen MR) is 176 cm³/mol. The third-order valence-electron chi connectivity index (χ3n) is 9.13. The summed E-state index contributed by atoms with van der Waals surface area (Å²) in [6.07, 6.45) is 4.56. The lowest BCUT2D eigenvalue weighted by molar-refractivity contribution is 0.0333. The zero-order chi connectivity index (χ0) is 31.6. The van der Waals surface area contributed by atoms with Crippen LogP contribution in [0, 0.1) is 11.3 Å². The highest BCUT2D eigenvalue weighted by atomic mass is 32.2. The average Bonchev–Trinajstić information content (AvgIpc) is 3.60. The molecule has 0 spiro atoms. The minimum absolute atomic E-state index is 0.0606. The molecule has 0 saturated carbocycles. The summed E-state index contributed by atoms with van der Waals surface area (Å²) in [5.74, 6) is 0.737. The van der Waals surface area contributed by atoms with Gasteiger partial charge in [-0.3, -0.25) is 4.72 Å². The van der Waals surface area contributed by atoms with Crippen LogP contribution < -0.4 is 9.46 Å². The molecule has 0 amide bonds. The molecule has 4 aromatic carbocycles. The maximum atomic E-state index is 13.0. The first kappa shape index (κ1) is 30.1. The van der Waals surface area contributed by atoms with Gasteiger partial charge >= 0.3 is 0 Å². The number of nitrogens with one attached hydrogen (secondary N) is 1. The van der Waals surface area contributed by atoms with Crippen molar-refractivity contribution in [3.63, 3.8) is 0 Å². The molecular weight excluding hydrogens is 617 g/mol. The van der Waals surface area contributed by atoms with Crippen molar-refractivity contribution in [1.29, 1.82) is 5.26 Å². The minimum atomic E-state index is -3.97. The Morgan fingerprint density at radius 2 is 1.70 bits per heavy atom. The lowest BCUT2D eigenvalue weighted by Gasteiger charge is -2.50. The summed E-state index contributed by atoms with van der Waals surface area (Å²) in [4.78, 5) is 3.83. The van der Waals surface area contributed by atoms with Gasteiger partial charge in [-0.15, -0.1) is 0 Å². The van der Waals surface area contributed by atoms with Crippen LogP contribution in [0.1, 0.15) is 65.0 Å². The predicted octanol–water partition coefficient (Wildman–Crippen LogP) is 7.18. The summed E-state index contributed by atoms with van der Waals surface area (Å²) in [5.41, 5.74) is 6.65. The Hall–Kier alpha value is -4.56. The van der Waals surface area contributed by atoms with Gasteiger partial charge in [0.1, 0.15) is 24.3 Å². The van der Waals surface area contributed by atoms with Gasteiger partial charge in [0.25, 0.3) is 10.0 Å². The van der Waals surface area contributed by atoms with E-state index in [0.717, 1.165) is 36.4 Å². The van der Waals surface area contributed by atoms with Crippen molar-refractivity contribution in [3.8, 4) is 11.8 Å². The number of ether oxygens (including phenoxy) is 2. The molecule has 1 unspecified atom stereocenters. The molecule has 10 heteroatoms. The fourth-order valence-corrected chi connectivity index (χ4v) is 8.74. The zero-order valence-electron chi connectivity index (χ0n) is 25.0. The van der Waals surface area contributed by atoms with Gasteiger partial charge in [-0.05, 0) is 71.7 Å². The summed E-state index contributed by atoms with van der Waals surface area (Å²) in [5, 5.41) is 10.2. The van der Waals surface area contributed by atoms with Crippen LogP contribution in [0.5, 0.6) is 5.75 Å². The number of nitrogens with zero attached hydrogens (tertiary/aromatic N) is 3. The second-order valence-electron chi connectivity index (χ2n) is 11.7. The molecule has 1 aromatic heterocycles. The average molecular weight is 649 g/mol. The molecule has 0 fully saturated rings. The number of rotatable bonds is 12. The summed E-state index contributed by atoms with van der Waals surface area (Å²) < 4.78 is 44.9. The molecule has 8 rings (SSSR count). The Balaban J connectivity index is 1.16. The Bertz CT molecular complexity index is 1940. The number of benzene rings is 4. The van der Waals surface area contributed by atoms with Gasteiger partial charge in [0.2, 0.25) is 5.13 Å². The molecule has 0 saturated heterocycles. The van der Waals surface area contributed by atoms with E-state index in [-0.39, 0.29) is 27.1 Å². The van der Waals surface area contributed by atoms with E-state index >= 15 is 0 Å². The number of sulfonamides is 1. The summed E-state index contributed by atoms with van der Waals surface area (Å²) in [6.45, 7) is 0.735. The Morgan fingerprint density at radius 3 is 2.39 bits per heavy atom. The van der Waals surface area contributed by atoms with E-state index in [4.69, 9.17) is 9.47 Å². The molecule has 8 nitrogen and oxygen atoms in total. The zero-order valence-corrected chi connectivity index (χ0v) is 26.6. The molecule has 46 heavy (non-hydrogen) atoms. The monoisotopic (exact) mass is 648 g/mol. The summed E-state index contributed by atoms with van der Waals surface area (Å²) in [6, 6.07) is 34.1. The Kier molecular flexibility index (Phi) is 8.30. The molecule has 1 heterocycles. The van der Waals surface area contributed by atoms with E-state index < -0.39 is 10.0 Å². The van der Waals surface area contributed by atoms with Gasteiger partial charge in [0.05, 0.1) is 23.7 Å². The smallest absolute Gasteiger partial charge is 0.263 e. The molecule has 2 bridgehead atoms. The fourth-order valence-electron chi connectivity index (χ4n) is 7.06. The highest BCUT2D eigenvalue weighted by Gasteiger charge is 2.47. The highest BCUT2D eigenvalue weighted by molar-refractivity contribution is 7.93. The molecule has 3 aliphatic rings. The maximum absolute atomic E-state index is 13.0. The number of nitriles is 1. The van der Waals surface area contributed by atoms with Gasteiger partial charge in [-0.1, -0.05) is 78.9 Å². The maximum Gasteiger partial charge on any atom is 0.263 e. The molecule has 3 aliphatic carbocycles. The quantitative estimate of drug-likeness (QED) is 0.152. The first-order valence-corrected chi connectivity index (χ1v) is 17.5. The molecule has 1 atom stereocenters. The van der Waals surface area contributed by atoms with Gasteiger partial charge in [-0.25, -0.2) is 13.4 Å². The number of fused-ring (bicyclic) bond motifs is 1. The van der Waals surface area contributed by atoms with Crippen molar-refractivity contribution >= 4 is 26.7 Å². The Morgan fingerprint density at radius 1 is 0.978 bits per heavy atom. The van der Waals surface area contributed by atoms with E-state index in [9.17, 15) is 13.7 Å². The van der Waals surface area contributed by atoms with Crippen molar-refractivity contribution < 1.29 is 17.9 Å². The Labute approximate surface area is 272 Å². The molecular formula is C36H32N4O4S2. The van der Waals surface area contributed by atoms with Gasteiger partial charge in [-0.2, -0.15) is 9.64 Å². The SMILES string of the molecule is N#Cc1cc(S(=O)(=O)Nc2ncns2)ccc1OC(CCC12CCC(c3ccccc31)c1ccccc12)COCc1ccccc1. The van der Waals surface area contributed by atoms with Crippen LogP contribution >= 0.6 is 11.5 Å². The second-order valence-corrected chi connectivity index (χ2v) is 14.2. The summed E-state index contributed by atoms with van der Waals surface area (Å²) in [7, 11) is -3.97. The lowest BCUT2D eigenvalue weighted by Crippen LogP contribution is -2.41. The van der Waals surface area contributed by atoms with Crippen LogP contribution in [0.25, 0.3) is 0 Å². The molecule has 5 aromatic rings. The van der Waals surface area contributed by atoms with Gasteiger partial charge in [0, 0.05) is 22.9 Å². The van der Waals surface area contributed by atoms with Crippen LogP contribution in [0.15, 0.2) is 108 Å². The number of hydrogen-bond acceptors (Lipinski definition) is 8. The van der Waals surface area contributed by atoms with Gasteiger partial charge in [0.15, 0.2) is 0 Å². The van der Waals surface area contributed by atoms with Crippen LogP contribution in [-0.4, -0.2) is 30.5 Å². The number of hydrogen-bond donors (Lipinski definition) is 1. The second kappa shape index (κ2) is 12.7. The topological polar surface area (TPSA) is 114 Å². The van der Waals surface area contributed by atoms with E-state index in [1.54, 1.807) is 6.07 Å². The largest absolute Gasteiger partial charge is 0.487 e. The fraction of sp³-hybridized carbons (Fsp3) is 0.250. The highest BCUT2D eigenvalue weighted by Crippen LogP contribution is 2.58. The van der Waals surface area contributed by atoms with E-state index in [1.807, 2.05) is 30.3 Å². The van der Waals surface area contributed by atoms with Crippen molar-refractivity contribution in [1.82, 2.24) is 9.36 Å². The van der Waals surface area contributed by atoms with Crippen LogP contribution in [0.3, 0.4) is 0 Å². The molecule has 1 N–H and O–H groups in total. The molecule has 0 aliphatic heterocycles. The van der Waals surface area contributed by atoms with Crippen LogP contribution in [0.4, 0.5) is 5.13 Å². The van der Waals surface area contributed by atoms with Crippen molar-refractivity contribution in [2.24, 2.45) is 0 Å². The van der Waals surface area contributed by atoms with E-state index in [2.05, 4.69) is 68.7 Å². The first-order chi connectivity index (χ1) is 22.5. The van der Waals surface area contributed by atoms with Crippen molar-refractivity contribution in [2.45, 2.75) is 54.6 Å². The third-order valence-corrected chi connectivity index (χ3v) is 11.2.